The fourth-order valence-electron chi connectivity index (χ4n) is 3.70. The van der Waals surface area contributed by atoms with Gasteiger partial charge < -0.3 is 20.0 Å². The quantitative estimate of drug-likeness (QED) is 0.242. The highest BCUT2D eigenvalue weighted by molar-refractivity contribution is 7.33. The zero-order valence-corrected chi connectivity index (χ0v) is 23.3. The molecule has 2 heterocycles. The van der Waals surface area contributed by atoms with Crippen LogP contribution in [0.15, 0.2) is 45.7 Å². The smallest absolute Gasteiger partial charge is 0.408 e. The van der Waals surface area contributed by atoms with Crippen LogP contribution in [0.2, 0.25) is 0 Å². The molecule has 0 aliphatic carbocycles. The van der Waals surface area contributed by atoms with Crippen molar-refractivity contribution in [2.24, 2.45) is 0 Å². The van der Waals surface area contributed by atoms with Crippen LogP contribution in [0.5, 0.6) is 0 Å². The molecule has 200 valence electrons. The normalized spacial score (nSPS) is 11.8. The van der Waals surface area contributed by atoms with Crippen LogP contribution in [0, 0.1) is 27.7 Å². The van der Waals surface area contributed by atoms with Crippen LogP contribution in [0.25, 0.3) is 11.1 Å². The summed E-state index contributed by atoms with van der Waals surface area (Å²) < 4.78 is 29.0. The van der Waals surface area contributed by atoms with Crippen molar-refractivity contribution in [2.75, 3.05) is 37.9 Å². The summed E-state index contributed by atoms with van der Waals surface area (Å²) in [4.78, 5) is 23.3. The summed E-state index contributed by atoms with van der Waals surface area (Å²) in [5, 5.41) is 6.56. The van der Waals surface area contributed by atoms with Gasteiger partial charge in [0.15, 0.2) is 12.3 Å². The first kappa shape index (κ1) is 27.4. The Hall–Kier alpha value is -3.63. The minimum Gasteiger partial charge on any atom is -0.408 e. The van der Waals surface area contributed by atoms with Crippen molar-refractivity contribution in [1.82, 2.24) is 19.4 Å². The molecule has 4 aromatic rings. The highest BCUT2D eigenvalue weighted by Gasteiger charge is 2.22. The molecular weight excluding hydrogens is 507 g/mol. The largest absolute Gasteiger partial charge is 0.699 e. The van der Waals surface area contributed by atoms with Crippen molar-refractivity contribution < 1.29 is 18.0 Å². The van der Waals surface area contributed by atoms with Gasteiger partial charge in [0.1, 0.15) is 12.4 Å². The molecule has 11 nitrogen and oxygen atoms in total. The molecule has 0 aliphatic rings. The van der Waals surface area contributed by atoms with Crippen molar-refractivity contribution in [1.29, 1.82) is 0 Å². The molecule has 0 fully saturated rings. The number of aryl methyl sites for hydroxylation is 3. The molecule has 4 rings (SSSR count). The van der Waals surface area contributed by atoms with Gasteiger partial charge in [-0.25, -0.2) is 14.3 Å². The van der Waals surface area contributed by atoms with Crippen LogP contribution < -0.4 is 16.4 Å². The number of fused-ring (bicyclic) bond motifs is 1. The third-order valence-corrected chi connectivity index (χ3v) is 6.83. The Morgan fingerprint density at radius 3 is 2.45 bits per heavy atom. The molecule has 12 heteroatoms. The summed E-state index contributed by atoms with van der Waals surface area (Å²) in [7, 11) is 1.38. The predicted molar refractivity (Wildman–Crippen MR) is 148 cm³/mol. The minimum atomic E-state index is -2.38. The van der Waals surface area contributed by atoms with Crippen molar-refractivity contribution in [3.8, 4) is 0 Å². The number of hydrogen-bond donors (Lipinski definition) is 2. The predicted octanol–water partition coefficient (Wildman–Crippen LogP) is 5.32. The standard InChI is InChI=1S/C26H32N6O5P/c1-16-11-21(12-17(2)19(16)4)29-25-27-14-18(3)24(30-25)28-20-7-8-23-22(13-20)32(26(33)37-23)15-36-38(34)35-10-9-31(5)6/h7-8,11-14H,9-10,15H2,1-6H3,(H2,27,28,29,30)/q+1. The Labute approximate surface area is 221 Å². The average Bonchev–Trinajstić information content (AvgIpc) is 3.17. The summed E-state index contributed by atoms with van der Waals surface area (Å²) >= 11 is 0. The van der Waals surface area contributed by atoms with E-state index in [9.17, 15) is 9.36 Å². The van der Waals surface area contributed by atoms with E-state index in [1.54, 1.807) is 24.4 Å². The van der Waals surface area contributed by atoms with E-state index < -0.39 is 14.0 Å². The van der Waals surface area contributed by atoms with E-state index in [1.165, 1.54) is 21.3 Å². The molecule has 0 amide bonds. The minimum absolute atomic E-state index is 0.246. The van der Waals surface area contributed by atoms with E-state index >= 15 is 0 Å². The lowest BCUT2D eigenvalue weighted by atomic mass is 10.0. The SMILES string of the molecule is Cc1cnc(Nc2cc(C)c(C)c(C)c2)nc1Nc1ccc2oc(=O)n(CO[P+](=O)OCCN(C)C)c2c1. The zero-order valence-electron chi connectivity index (χ0n) is 22.4. The maximum atomic E-state index is 12.4. The summed E-state index contributed by atoms with van der Waals surface area (Å²) in [6, 6.07) is 9.33. The first-order chi connectivity index (χ1) is 18.1. The number of nitrogens with one attached hydrogen (secondary N) is 2. The molecule has 2 aromatic carbocycles. The first-order valence-electron chi connectivity index (χ1n) is 12.1. The van der Waals surface area contributed by atoms with Crippen molar-refractivity contribution >= 4 is 42.5 Å². The second kappa shape index (κ2) is 11.8. The van der Waals surface area contributed by atoms with Gasteiger partial charge in [-0.1, -0.05) is 4.52 Å². The number of anilines is 4. The molecule has 1 unspecified atom stereocenters. The Balaban J connectivity index is 1.51. The Morgan fingerprint density at radius 1 is 1.00 bits per heavy atom. The summed E-state index contributed by atoms with van der Waals surface area (Å²) in [6.45, 7) is 8.71. The average molecular weight is 540 g/mol. The van der Waals surface area contributed by atoms with Gasteiger partial charge in [0.25, 0.3) is 0 Å². The monoisotopic (exact) mass is 539 g/mol. The van der Waals surface area contributed by atoms with E-state index in [-0.39, 0.29) is 13.3 Å². The van der Waals surface area contributed by atoms with E-state index in [4.69, 9.17) is 13.5 Å². The topological polar surface area (TPSA) is 124 Å². The van der Waals surface area contributed by atoms with Gasteiger partial charge in [-0.2, -0.15) is 4.98 Å². The second-order valence-electron chi connectivity index (χ2n) is 9.31. The molecule has 38 heavy (non-hydrogen) atoms. The van der Waals surface area contributed by atoms with Gasteiger partial charge in [0, 0.05) is 34.2 Å². The number of benzene rings is 2. The van der Waals surface area contributed by atoms with Crippen molar-refractivity contribution in [3.63, 3.8) is 0 Å². The molecule has 2 aromatic heterocycles. The van der Waals surface area contributed by atoms with E-state index in [0.29, 0.717) is 35.1 Å². The van der Waals surface area contributed by atoms with E-state index in [0.717, 1.165) is 11.3 Å². The molecule has 2 N–H and O–H groups in total. The van der Waals surface area contributed by atoms with Crippen molar-refractivity contribution in [2.45, 2.75) is 34.4 Å². The van der Waals surface area contributed by atoms with E-state index in [2.05, 4.69) is 53.5 Å². The summed E-state index contributed by atoms with van der Waals surface area (Å²) in [5.74, 6) is 0.434. The van der Waals surface area contributed by atoms with Gasteiger partial charge in [-0.3, -0.25) is 0 Å². The third kappa shape index (κ3) is 6.62. The third-order valence-electron chi connectivity index (χ3n) is 6.11. The fourth-order valence-corrected chi connectivity index (χ4v) is 4.22. The first-order valence-corrected chi connectivity index (χ1v) is 13.2. The highest BCUT2D eigenvalue weighted by atomic mass is 31.1. The Morgan fingerprint density at radius 2 is 1.74 bits per heavy atom. The highest BCUT2D eigenvalue weighted by Crippen LogP contribution is 2.27. The molecule has 0 spiro atoms. The maximum Gasteiger partial charge on any atom is 0.699 e. The van der Waals surface area contributed by atoms with Crippen molar-refractivity contribution in [3.05, 3.63) is 69.3 Å². The number of hydrogen-bond acceptors (Lipinski definition) is 10. The van der Waals surface area contributed by atoms with Crippen LogP contribution in [-0.4, -0.2) is 46.7 Å². The Bertz CT molecular complexity index is 1510. The molecule has 0 radical (unpaired) electrons. The molecular formula is C26H32N6O5P+. The van der Waals surface area contributed by atoms with Gasteiger partial charge in [-0.05, 0) is 88.8 Å². The van der Waals surface area contributed by atoms with Crippen LogP contribution in [0.1, 0.15) is 22.3 Å². The lowest BCUT2D eigenvalue weighted by Gasteiger charge is -2.13. The number of nitrogens with zero attached hydrogens (tertiary/aromatic N) is 4. The van der Waals surface area contributed by atoms with Gasteiger partial charge in [0.2, 0.25) is 5.95 Å². The zero-order chi connectivity index (χ0) is 27.4. The van der Waals surface area contributed by atoms with Crippen LogP contribution >= 0.6 is 8.25 Å². The number of aromatic nitrogens is 3. The molecule has 0 saturated heterocycles. The van der Waals surface area contributed by atoms with E-state index in [1.807, 2.05) is 25.9 Å². The molecule has 1 atom stereocenters. The van der Waals surface area contributed by atoms with Crippen LogP contribution in [-0.2, 0) is 20.3 Å². The lowest BCUT2D eigenvalue weighted by Crippen LogP contribution is -2.17. The van der Waals surface area contributed by atoms with Crippen LogP contribution in [0.3, 0.4) is 0 Å². The van der Waals surface area contributed by atoms with Gasteiger partial charge >= 0.3 is 14.0 Å². The number of likely N-dealkylation sites (N-methyl/N-ethyl adjacent to an activating group) is 1. The molecule has 0 aliphatic heterocycles. The fraction of sp³-hybridized carbons (Fsp3) is 0.346. The van der Waals surface area contributed by atoms with Crippen LogP contribution in [0.4, 0.5) is 23.1 Å². The maximum absolute atomic E-state index is 12.4. The summed E-state index contributed by atoms with van der Waals surface area (Å²) in [6.07, 6.45) is 1.73. The second-order valence-corrected chi connectivity index (χ2v) is 10.3. The van der Waals surface area contributed by atoms with Gasteiger partial charge in [0.05, 0.1) is 5.52 Å². The number of oxazole rings is 1. The number of rotatable bonds is 11. The molecule has 0 bridgehead atoms. The lowest BCUT2D eigenvalue weighted by molar-refractivity contribution is 0.173. The van der Waals surface area contributed by atoms with Gasteiger partial charge in [-0.15, -0.1) is 4.52 Å². The summed E-state index contributed by atoms with van der Waals surface area (Å²) in [5.41, 5.74) is 6.91. The Kier molecular flexibility index (Phi) is 8.53. The molecule has 0 saturated carbocycles.